The van der Waals surface area contributed by atoms with Crippen molar-refractivity contribution >= 4 is 28.5 Å². The summed E-state index contributed by atoms with van der Waals surface area (Å²) in [6.07, 6.45) is 0.0684. The predicted octanol–water partition coefficient (Wildman–Crippen LogP) is 2.45. The van der Waals surface area contributed by atoms with E-state index in [0.717, 1.165) is 0 Å². The van der Waals surface area contributed by atoms with Gasteiger partial charge in [0.25, 0.3) is 0 Å². The first-order chi connectivity index (χ1) is 12.6. The number of benzene rings is 2. The third kappa shape index (κ3) is 3.16. The fourth-order valence-electron chi connectivity index (χ4n) is 2.69. The van der Waals surface area contributed by atoms with E-state index in [9.17, 15) is 14.4 Å². The molecule has 2 aromatic carbocycles. The molecular weight excluding hydrogens is 340 g/mol. The van der Waals surface area contributed by atoms with E-state index in [0.29, 0.717) is 33.8 Å². The van der Waals surface area contributed by atoms with Crippen molar-refractivity contribution in [3.63, 3.8) is 0 Å². The number of ether oxygens (including phenoxy) is 2. The van der Waals surface area contributed by atoms with Crippen molar-refractivity contribution in [2.75, 3.05) is 12.1 Å². The molecule has 8 heteroatoms. The van der Waals surface area contributed by atoms with Gasteiger partial charge in [0.15, 0.2) is 22.9 Å². The zero-order valence-corrected chi connectivity index (χ0v) is 13.5. The van der Waals surface area contributed by atoms with Gasteiger partial charge in [0, 0.05) is 30.2 Å². The lowest BCUT2D eigenvalue weighted by Gasteiger charge is -2.06. The molecule has 1 aliphatic rings. The van der Waals surface area contributed by atoms with Crippen LogP contribution in [-0.4, -0.2) is 23.5 Å². The van der Waals surface area contributed by atoms with Crippen molar-refractivity contribution in [3.05, 3.63) is 52.5 Å². The van der Waals surface area contributed by atoms with Crippen LogP contribution >= 0.6 is 0 Å². The first-order valence-electron chi connectivity index (χ1n) is 7.94. The van der Waals surface area contributed by atoms with Crippen molar-refractivity contribution in [1.82, 2.24) is 4.98 Å². The normalized spacial score (nSPS) is 12.3. The molecule has 0 saturated heterocycles. The molecule has 0 spiro atoms. The Kier molecular flexibility index (Phi) is 3.92. The standard InChI is InChI=1S/C18H14N2O6/c21-13(10-1-3-12-15(7-10)26-18(23)20-12)4-6-17(22)19-11-2-5-14-16(8-11)25-9-24-14/h1-3,5,7-8H,4,6,9H2,(H,19,22)(H,20,23). The van der Waals surface area contributed by atoms with E-state index in [1.807, 2.05) is 0 Å². The molecule has 4 rings (SSSR count). The average Bonchev–Trinajstić information content (AvgIpc) is 3.23. The molecule has 26 heavy (non-hydrogen) atoms. The number of oxazole rings is 1. The summed E-state index contributed by atoms with van der Waals surface area (Å²) >= 11 is 0. The SMILES string of the molecule is O=C(CCC(=O)c1ccc2[nH]c(=O)oc2c1)Nc1ccc2c(c1)OCO2. The van der Waals surface area contributed by atoms with E-state index in [-0.39, 0.29) is 31.3 Å². The van der Waals surface area contributed by atoms with E-state index in [1.165, 1.54) is 6.07 Å². The molecule has 0 fully saturated rings. The Morgan fingerprint density at radius 2 is 1.88 bits per heavy atom. The van der Waals surface area contributed by atoms with Gasteiger partial charge in [-0.2, -0.15) is 0 Å². The third-order valence-corrected chi connectivity index (χ3v) is 3.98. The zero-order valence-electron chi connectivity index (χ0n) is 13.5. The van der Waals surface area contributed by atoms with Gasteiger partial charge in [0.1, 0.15) is 0 Å². The fraction of sp³-hybridized carbons (Fsp3) is 0.167. The number of rotatable bonds is 5. The van der Waals surface area contributed by atoms with Gasteiger partial charge in [0.2, 0.25) is 12.7 Å². The topological polar surface area (TPSA) is 111 Å². The van der Waals surface area contributed by atoms with E-state index in [4.69, 9.17) is 13.9 Å². The van der Waals surface area contributed by atoms with Crippen LogP contribution < -0.4 is 20.5 Å². The molecule has 2 N–H and O–H groups in total. The lowest BCUT2D eigenvalue weighted by atomic mass is 10.1. The molecule has 0 unspecified atom stereocenters. The van der Waals surface area contributed by atoms with Gasteiger partial charge in [-0.25, -0.2) is 4.79 Å². The molecule has 132 valence electrons. The number of anilines is 1. The van der Waals surface area contributed by atoms with Gasteiger partial charge in [-0.1, -0.05) is 0 Å². The van der Waals surface area contributed by atoms with Crippen LogP contribution in [0.15, 0.2) is 45.6 Å². The maximum absolute atomic E-state index is 12.3. The highest BCUT2D eigenvalue weighted by molar-refractivity contribution is 6.01. The molecule has 0 atom stereocenters. The monoisotopic (exact) mass is 354 g/mol. The molecule has 0 aliphatic carbocycles. The molecule has 0 radical (unpaired) electrons. The number of carbonyl (C=O) groups is 2. The maximum Gasteiger partial charge on any atom is 0.417 e. The quantitative estimate of drug-likeness (QED) is 0.681. The second kappa shape index (κ2) is 6.40. The molecule has 1 aromatic heterocycles. The molecule has 0 saturated carbocycles. The number of aromatic nitrogens is 1. The minimum Gasteiger partial charge on any atom is -0.454 e. The minimum absolute atomic E-state index is 0.0302. The second-order valence-corrected chi connectivity index (χ2v) is 5.76. The third-order valence-electron chi connectivity index (χ3n) is 3.98. The number of carbonyl (C=O) groups excluding carboxylic acids is 2. The Morgan fingerprint density at radius 1 is 1.04 bits per heavy atom. The van der Waals surface area contributed by atoms with Crippen LogP contribution in [0, 0.1) is 0 Å². The first-order valence-corrected chi connectivity index (χ1v) is 7.94. The summed E-state index contributed by atoms with van der Waals surface area (Å²) < 4.78 is 15.4. The van der Waals surface area contributed by atoms with Crippen LogP contribution in [0.3, 0.4) is 0 Å². The maximum atomic E-state index is 12.3. The van der Waals surface area contributed by atoms with Crippen molar-refractivity contribution in [1.29, 1.82) is 0 Å². The van der Waals surface area contributed by atoms with Crippen LogP contribution in [0.4, 0.5) is 5.69 Å². The number of ketones is 1. The molecular formula is C18H14N2O6. The lowest BCUT2D eigenvalue weighted by molar-refractivity contribution is -0.116. The molecule has 1 aliphatic heterocycles. The highest BCUT2D eigenvalue weighted by atomic mass is 16.7. The van der Waals surface area contributed by atoms with E-state index in [1.54, 1.807) is 30.3 Å². The summed E-state index contributed by atoms with van der Waals surface area (Å²) in [6, 6.07) is 9.76. The Hall–Kier alpha value is -3.55. The summed E-state index contributed by atoms with van der Waals surface area (Å²) in [6.45, 7) is 0.160. The van der Waals surface area contributed by atoms with Gasteiger partial charge in [0.05, 0.1) is 5.52 Å². The van der Waals surface area contributed by atoms with E-state index >= 15 is 0 Å². The van der Waals surface area contributed by atoms with Crippen molar-refractivity contribution in [2.24, 2.45) is 0 Å². The van der Waals surface area contributed by atoms with Crippen molar-refractivity contribution < 1.29 is 23.5 Å². The Bertz CT molecular complexity index is 1060. The second-order valence-electron chi connectivity index (χ2n) is 5.76. The smallest absolute Gasteiger partial charge is 0.417 e. The predicted molar refractivity (Wildman–Crippen MR) is 91.6 cm³/mol. The number of Topliss-reactive ketones (excluding diaryl/α,β-unsaturated/α-hetero) is 1. The molecule has 2 heterocycles. The number of amides is 1. The lowest BCUT2D eigenvalue weighted by Crippen LogP contribution is -2.13. The molecule has 8 nitrogen and oxygen atoms in total. The number of H-pyrrole nitrogens is 1. The average molecular weight is 354 g/mol. The minimum atomic E-state index is -0.576. The Morgan fingerprint density at radius 3 is 2.77 bits per heavy atom. The van der Waals surface area contributed by atoms with E-state index in [2.05, 4.69) is 10.3 Å². The zero-order chi connectivity index (χ0) is 18.1. The van der Waals surface area contributed by atoms with Crippen molar-refractivity contribution in [2.45, 2.75) is 12.8 Å². The summed E-state index contributed by atoms with van der Waals surface area (Å²) in [5.74, 6) is 0.126. The van der Waals surface area contributed by atoms with Crippen LogP contribution in [0.1, 0.15) is 23.2 Å². The number of nitrogens with one attached hydrogen (secondary N) is 2. The van der Waals surface area contributed by atoms with Crippen LogP contribution in [0.5, 0.6) is 11.5 Å². The van der Waals surface area contributed by atoms with Crippen LogP contribution in [-0.2, 0) is 4.79 Å². The fourth-order valence-corrected chi connectivity index (χ4v) is 2.69. The van der Waals surface area contributed by atoms with Gasteiger partial charge in [-0.3, -0.25) is 14.6 Å². The van der Waals surface area contributed by atoms with Crippen molar-refractivity contribution in [3.8, 4) is 11.5 Å². The molecule has 1 amide bonds. The highest BCUT2D eigenvalue weighted by Crippen LogP contribution is 2.34. The number of aromatic amines is 1. The first kappa shape index (κ1) is 15.9. The summed E-state index contributed by atoms with van der Waals surface area (Å²) in [5, 5.41) is 2.72. The van der Waals surface area contributed by atoms with Gasteiger partial charge >= 0.3 is 5.76 Å². The number of fused-ring (bicyclic) bond motifs is 2. The number of hydrogen-bond donors (Lipinski definition) is 2. The van der Waals surface area contributed by atoms with Gasteiger partial charge in [-0.15, -0.1) is 0 Å². The summed E-state index contributed by atoms with van der Waals surface area (Å²) in [5.41, 5.74) is 1.79. The van der Waals surface area contributed by atoms with E-state index < -0.39 is 5.76 Å². The van der Waals surface area contributed by atoms with Gasteiger partial charge in [-0.05, 0) is 30.3 Å². The summed E-state index contributed by atoms with van der Waals surface area (Å²) in [7, 11) is 0. The Labute approximate surface area is 146 Å². The van der Waals surface area contributed by atoms with Gasteiger partial charge < -0.3 is 19.2 Å². The van der Waals surface area contributed by atoms with Crippen LogP contribution in [0.25, 0.3) is 11.1 Å². The molecule has 3 aromatic rings. The largest absolute Gasteiger partial charge is 0.454 e. The molecule has 0 bridgehead atoms. The number of hydrogen-bond acceptors (Lipinski definition) is 6. The Balaban J connectivity index is 1.37. The van der Waals surface area contributed by atoms with Crippen LogP contribution in [0.2, 0.25) is 0 Å². The summed E-state index contributed by atoms with van der Waals surface area (Å²) in [4.78, 5) is 38.0. The highest BCUT2D eigenvalue weighted by Gasteiger charge is 2.15.